The molecular weight excluding hydrogens is 188 g/mol. The molecule has 0 spiro atoms. The average molecular weight is 203 g/mol. The van der Waals surface area contributed by atoms with Gasteiger partial charge >= 0.3 is 18.9 Å². The summed E-state index contributed by atoms with van der Waals surface area (Å²) >= 11 is 0. The first-order valence-corrected chi connectivity index (χ1v) is 6.68. The minimum atomic E-state index is -0.162. The number of hydrogen-bond acceptors (Lipinski definition) is 2. The molecule has 0 saturated heterocycles. The Bertz CT molecular complexity index is 281. The Morgan fingerprint density at radius 2 is 1.86 bits per heavy atom. The summed E-state index contributed by atoms with van der Waals surface area (Å²) in [6, 6.07) is 7.70. The SMILES string of the molecule is Cc1ccccc1N([O-])CP(C)C.[Li+]. The van der Waals surface area contributed by atoms with Crippen molar-refractivity contribution in [2.24, 2.45) is 0 Å². The first-order valence-electron chi connectivity index (χ1n) is 4.26. The molecule has 14 heavy (non-hydrogen) atoms. The summed E-state index contributed by atoms with van der Waals surface area (Å²) in [6.07, 6.45) is 0.625. The fourth-order valence-electron chi connectivity index (χ4n) is 1.18. The normalized spacial score (nSPS) is 9.79. The summed E-state index contributed by atoms with van der Waals surface area (Å²) in [5.41, 5.74) is 1.85. The Labute approximate surface area is 99.2 Å². The second-order valence-electron chi connectivity index (χ2n) is 3.39. The van der Waals surface area contributed by atoms with Crippen molar-refractivity contribution in [1.29, 1.82) is 0 Å². The standard InChI is InChI=1S/C10H15NOP.Li/c1-9-6-4-5-7-10(9)11(12)8-13(2)3;/h4-7H,8H2,1-3H3;/q-1;+1. The molecule has 0 bridgehead atoms. The maximum absolute atomic E-state index is 11.6. The van der Waals surface area contributed by atoms with E-state index in [1.54, 1.807) is 0 Å². The van der Waals surface area contributed by atoms with Gasteiger partial charge < -0.3 is 10.3 Å². The summed E-state index contributed by atoms with van der Waals surface area (Å²) in [4.78, 5) is 0. The first kappa shape index (κ1) is 14.0. The fraction of sp³-hybridized carbons (Fsp3) is 0.400. The number of nitrogens with zero attached hydrogens (tertiary/aromatic N) is 1. The quantitative estimate of drug-likeness (QED) is 0.393. The van der Waals surface area contributed by atoms with E-state index in [4.69, 9.17) is 0 Å². The number of aryl methyl sites for hydroxylation is 1. The molecule has 0 aromatic heterocycles. The second-order valence-corrected chi connectivity index (χ2v) is 5.83. The van der Waals surface area contributed by atoms with E-state index < -0.39 is 0 Å². The molecule has 0 aliphatic heterocycles. The van der Waals surface area contributed by atoms with Gasteiger partial charge in [-0.1, -0.05) is 26.1 Å². The molecule has 0 amide bonds. The zero-order valence-electron chi connectivity index (χ0n) is 9.32. The van der Waals surface area contributed by atoms with Crippen LogP contribution < -0.4 is 23.9 Å². The zero-order chi connectivity index (χ0) is 9.84. The van der Waals surface area contributed by atoms with Crippen LogP contribution in [0.25, 0.3) is 0 Å². The number of hydrogen-bond donors (Lipinski definition) is 0. The van der Waals surface area contributed by atoms with E-state index in [2.05, 4.69) is 13.3 Å². The molecular formula is C10H15LiNOP. The van der Waals surface area contributed by atoms with Crippen LogP contribution in [0.3, 0.4) is 0 Å². The molecule has 0 saturated carbocycles. The van der Waals surface area contributed by atoms with E-state index in [1.165, 1.54) is 0 Å². The maximum atomic E-state index is 11.6. The Kier molecular flexibility index (Phi) is 6.49. The van der Waals surface area contributed by atoms with E-state index in [0.717, 1.165) is 16.3 Å². The molecule has 0 aliphatic rings. The van der Waals surface area contributed by atoms with Gasteiger partial charge in [-0.2, -0.15) is 0 Å². The predicted octanol–water partition coefficient (Wildman–Crippen LogP) is 0.00222. The number of hydroxylamine groups is 1. The summed E-state index contributed by atoms with van der Waals surface area (Å²) < 4.78 is 0. The van der Waals surface area contributed by atoms with Crippen molar-refractivity contribution in [3.8, 4) is 0 Å². The van der Waals surface area contributed by atoms with Crippen LogP contribution in [0.5, 0.6) is 0 Å². The Morgan fingerprint density at radius 1 is 1.29 bits per heavy atom. The van der Waals surface area contributed by atoms with Gasteiger partial charge in [0, 0.05) is 12.0 Å². The number of rotatable bonds is 3. The second kappa shape index (κ2) is 6.48. The minimum absolute atomic E-state index is 0. The molecule has 0 radical (unpaired) electrons. The molecule has 4 heteroatoms. The van der Waals surface area contributed by atoms with Crippen molar-refractivity contribution >= 4 is 13.6 Å². The third kappa shape index (κ3) is 4.03. The third-order valence-corrected chi connectivity index (χ3v) is 2.62. The van der Waals surface area contributed by atoms with Gasteiger partial charge in [-0.15, -0.1) is 0 Å². The summed E-state index contributed by atoms with van der Waals surface area (Å²) in [5.74, 6) is 0. The van der Waals surface area contributed by atoms with E-state index in [1.807, 2.05) is 31.2 Å². The Balaban J connectivity index is 0.00000169. The molecule has 0 unspecified atom stereocenters. The van der Waals surface area contributed by atoms with Crippen LogP contribution in [0.2, 0.25) is 0 Å². The van der Waals surface area contributed by atoms with E-state index >= 15 is 0 Å². The first-order chi connectivity index (χ1) is 6.11. The van der Waals surface area contributed by atoms with Crippen LogP contribution in [0.15, 0.2) is 24.3 Å². The monoisotopic (exact) mass is 203 g/mol. The van der Waals surface area contributed by atoms with Gasteiger partial charge in [-0.05, 0) is 31.9 Å². The van der Waals surface area contributed by atoms with Crippen molar-refractivity contribution in [3.63, 3.8) is 0 Å². The smallest absolute Gasteiger partial charge is 0.758 e. The van der Waals surface area contributed by atoms with Crippen molar-refractivity contribution in [2.45, 2.75) is 6.92 Å². The molecule has 0 aliphatic carbocycles. The number of para-hydroxylation sites is 1. The zero-order valence-corrected chi connectivity index (χ0v) is 10.2. The Morgan fingerprint density at radius 3 is 2.36 bits per heavy atom. The van der Waals surface area contributed by atoms with Gasteiger partial charge in [0.25, 0.3) is 0 Å². The van der Waals surface area contributed by atoms with E-state index in [0.29, 0.717) is 6.29 Å². The molecule has 72 valence electrons. The summed E-state index contributed by atoms with van der Waals surface area (Å²) in [5, 5.41) is 12.7. The van der Waals surface area contributed by atoms with Gasteiger partial charge in [0.15, 0.2) is 0 Å². The molecule has 0 atom stereocenters. The molecule has 1 aromatic rings. The summed E-state index contributed by atoms with van der Waals surface area (Å²) in [6.45, 7) is 6.19. The van der Waals surface area contributed by atoms with Crippen LogP contribution >= 0.6 is 7.92 Å². The van der Waals surface area contributed by atoms with Crippen LogP contribution in [0.1, 0.15) is 5.56 Å². The maximum Gasteiger partial charge on any atom is 1.00 e. The van der Waals surface area contributed by atoms with Gasteiger partial charge in [0.2, 0.25) is 0 Å². The van der Waals surface area contributed by atoms with Crippen molar-refractivity contribution in [1.82, 2.24) is 0 Å². The van der Waals surface area contributed by atoms with Crippen molar-refractivity contribution in [2.75, 3.05) is 24.7 Å². The van der Waals surface area contributed by atoms with Crippen LogP contribution in [-0.4, -0.2) is 19.6 Å². The van der Waals surface area contributed by atoms with Gasteiger partial charge in [0.05, 0.1) is 0 Å². The molecule has 1 aromatic carbocycles. The largest absolute Gasteiger partial charge is 1.00 e. The van der Waals surface area contributed by atoms with E-state index in [9.17, 15) is 5.21 Å². The van der Waals surface area contributed by atoms with Crippen LogP contribution in [0, 0.1) is 12.1 Å². The van der Waals surface area contributed by atoms with Crippen LogP contribution in [-0.2, 0) is 0 Å². The molecule has 0 N–H and O–H groups in total. The van der Waals surface area contributed by atoms with E-state index in [-0.39, 0.29) is 26.8 Å². The van der Waals surface area contributed by atoms with Gasteiger partial charge in [-0.3, -0.25) is 0 Å². The molecule has 0 heterocycles. The molecule has 1 rings (SSSR count). The predicted molar refractivity (Wildman–Crippen MR) is 60.7 cm³/mol. The summed E-state index contributed by atoms with van der Waals surface area (Å²) in [7, 11) is -0.162. The van der Waals surface area contributed by atoms with Crippen molar-refractivity contribution in [3.05, 3.63) is 35.0 Å². The van der Waals surface area contributed by atoms with Crippen molar-refractivity contribution < 1.29 is 18.9 Å². The Hall–Kier alpha value is 0.00740. The fourth-order valence-corrected chi connectivity index (χ4v) is 1.84. The molecule has 0 fully saturated rings. The number of anilines is 1. The van der Waals surface area contributed by atoms with Gasteiger partial charge in [0.1, 0.15) is 0 Å². The third-order valence-electron chi connectivity index (χ3n) is 1.80. The van der Waals surface area contributed by atoms with Crippen LogP contribution in [0.4, 0.5) is 5.69 Å². The average Bonchev–Trinajstić information content (AvgIpc) is 2.03. The number of benzene rings is 1. The topological polar surface area (TPSA) is 26.3 Å². The van der Waals surface area contributed by atoms with Gasteiger partial charge in [-0.25, -0.2) is 0 Å². The molecule has 2 nitrogen and oxygen atoms in total. The minimum Gasteiger partial charge on any atom is -0.758 e.